The molecule has 2 aliphatic rings. The van der Waals surface area contributed by atoms with Gasteiger partial charge in [0, 0.05) is 28.5 Å². The van der Waals surface area contributed by atoms with Crippen molar-refractivity contribution in [3.8, 4) is 0 Å². The van der Waals surface area contributed by atoms with Gasteiger partial charge in [-0.25, -0.2) is 0 Å². The van der Waals surface area contributed by atoms with Crippen molar-refractivity contribution in [1.82, 2.24) is 10.2 Å². The van der Waals surface area contributed by atoms with E-state index in [9.17, 15) is 4.79 Å². The average molecular weight is 406 g/mol. The van der Waals surface area contributed by atoms with Crippen LogP contribution in [0.15, 0.2) is 28.7 Å². The molecule has 1 amide bonds. The number of rotatable bonds is 2. The molecule has 1 aromatic carbocycles. The summed E-state index contributed by atoms with van der Waals surface area (Å²) in [5, 5.41) is 7.64. The third-order valence-corrected chi connectivity index (χ3v) is 6.42. The Labute approximate surface area is 154 Å². The summed E-state index contributed by atoms with van der Waals surface area (Å²) in [7, 11) is 0. The quantitative estimate of drug-likeness (QED) is 0.788. The number of fused-ring (bicyclic) bond motifs is 3. The Hall–Kier alpha value is -1.37. The number of halogens is 1. The molecule has 0 spiro atoms. The van der Waals surface area contributed by atoms with Crippen LogP contribution in [-0.2, 0) is 13.0 Å². The highest BCUT2D eigenvalue weighted by Crippen LogP contribution is 2.41. The Morgan fingerprint density at radius 3 is 2.92 bits per heavy atom. The maximum absolute atomic E-state index is 12.7. The largest absolute Gasteiger partial charge is 0.353 e. The van der Waals surface area contributed by atoms with E-state index < -0.39 is 0 Å². The molecule has 4 nitrogen and oxygen atoms in total. The molecule has 0 radical (unpaired) electrons. The van der Waals surface area contributed by atoms with E-state index in [0.29, 0.717) is 6.04 Å². The van der Waals surface area contributed by atoms with E-state index in [4.69, 9.17) is 0 Å². The van der Waals surface area contributed by atoms with E-state index in [1.165, 1.54) is 10.4 Å². The Kier molecular flexibility index (Phi) is 4.14. The summed E-state index contributed by atoms with van der Waals surface area (Å²) in [6.45, 7) is 6.43. The topological polar surface area (TPSA) is 44.4 Å². The Bertz CT molecular complexity index is 802. The van der Waals surface area contributed by atoms with E-state index in [-0.39, 0.29) is 12.1 Å². The second kappa shape index (κ2) is 6.17. The van der Waals surface area contributed by atoms with E-state index in [1.54, 1.807) is 11.3 Å². The van der Waals surface area contributed by atoms with Gasteiger partial charge >= 0.3 is 0 Å². The van der Waals surface area contributed by atoms with Crippen LogP contribution in [0.1, 0.15) is 46.4 Å². The van der Waals surface area contributed by atoms with Crippen LogP contribution in [0.2, 0.25) is 0 Å². The molecular weight excluding hydrogens is 386 g/mol. The smallest absolute Gasteiger partial charge is 0.256 e. The van der Waals surface area contributed by atoms with E-state index in [0.717, 1.165) is 40.1 Å². The fourth-order valence-corrected chi connectivity index (χ4v) is 5.14. The minimum absolute atomic E-state index is 0.0456. The fourth-order valence-electron chi connectivity index (χ4n) is 3.43. The minimum Gasteiger partial charge on any atom is -0.353 e. The summed E-state index contributed by atoms with van der Waals surface area (Å²) in [6, 6.07) is 8.58. The number of carbonyl (C=O) groups excluding carboxylic acids is 1. The molecular formula is C18H20BrN3OS. The van der Waals surface area contributed by atoms with Gasteiger partial charge in [0.1, 0.15) is 11.2 Å². The lowest BCUT2D eigenvalue weighted by atomic mass is 9.99. The number of anilines is 1. The number of hydrogen-bond acceptors (Lipinski definition) is 4. The summed E-state index contributed by atoms with van der Waals surface area (Å²) in [5.74, 6) is 0.0456. The van der Waals surface area contributed by atoms with Crippen molar-refractivity contribution in [3.05, 3.63) is 50.3 Å². The van der Waals surface area contributed by atoms with Crippen molar-refractivity contribution < 1.29 is 4.79 Å². The molecule has 0 bridgehead atoms. The molecule has 2 N–H and O–H groups in total. The number of nitrogens with one attached hydrogen (secondary N) is 2. The molecule has 4 rings (SSSR count). The fraction of sp³-hybridized carbons (Fsp3) is 0.389. The van der Waals surface area contributed by atoms with Gasteiger partial charge in [-0.05, 0) is 43.5 Å². The minimum atomic E-state index is -0.177. The Morgan fingerprint density at radius 1 is 1.33 bits per heavy atom. The van der Waals surface area contributed by atoms with Crippen molar-refractivity contribution in [2.45, 2.75) is 39.0 Å². The van der Waals surface area contributed by atoms with Gasteiger partial charge in [-0.15, -0.1) is 11.3 Å². The van der Waals surface area contributed by atoms with Crippen molar-refractivity contribution in [2.75, 3.05) is 11.9 Å². The normalized spacial score (nSPS) is 20.3. The molecule has 6 heteroatoms. The SMILES string of the molecule is CC(C)N1CCc2c(sc3c2C(=O)N[C@H](c2cccc(Br)c2)N3)C1. The molecule has 0 unspecified atom stereocenters. The van der Waals surface area contributed by atoms with Gasteiger partial charge < -0.3 is 10.6 Å². The number of thiophene rings is 1. The molecule has 126 valence electrons. The van der Waals surface area contributed by atoms with Crippen LogP contribution in [0.3, 0.4) is 0 Å². The van der Waals surface area contributed by atoms with Gasteiger partial charge in [0.25, 0.3) is 5.91 Å². The number of nitrogens with zero attached hydrogens (tertiary/aromatic N) is 1. The maximum atomic E-state index is 12.7. The van der Waals surface area contributed by atoms with Crippen LogP contribution in [0.4, 0.5) is 5.00 Å². The highest BCUT2D eigenvalue weighted by Gasteiger charge is 2.33. The average Bonchev–Trinajstić information content (AvgIpc) is 2.92. The lowest BCUT2D eigenvalue weighted by Crippen LogP contribution is -2.39. The molecule has 1 aromatic heterocycles. The monoisotopic (exact) mass is 405 g/mol. The van der Waals surface area contributed by atoms with Crippen LogP contribution in [0.5, 0.6) is 0 Å². The zero-order valence-electron chi connectivity index (χ0n) is 13.7. The third-order valence-electron chi connectivity index (χ3n) is 4.78. The molecule has 2 aliphatic heterocycles. The lowest BCUT2D eigenvalue weighted by molar-refractivity contribution is 0.0934. The Morgan fingerprint density at radius 2 is 2.17 bits per heavy atom. The summed E-state index contributed by atoms with van der Waals surface area (Å²) in [4.78, 5) is 16.5. The van der Waals surface area contributed by atoms with Gasteiger partial charge in [-0.2, -0.15) is 0 Å². The summed E-state index contributed by atoms with van der Waals surface area (Å²) < 4.78 is 1.01. The third kappa shape index (κ3) is 2.76. The van der Waals surface area contributed by atoms with Gasteiger partial charge in [-0.1, -0.05) is 28.1 Å². The summed E-state index contributed by atoms with van der Waals surface area (Å²) >= 11 is 5.24. The number of carbonyl (C=O) groups is 1. The number of hydrogen-bond donors (Lipinski definition) is 2. The molecule has 0 saturated carbocycles. The second-order valence-electron chi connectivity index (χ2n) is 6.63. The van der Waals surface area contributed by atoms with Gasteiger partial charge in [-0.3, -0.25) is 9.69 Å². The molecule has 3 heterocycles. The zero-order valence-corrected chi connectivity index (χ0v) is 16.1. The first-order valence-electron chi connectivity index (χ1n) is 8.24. The second-order valence-corrected chi connectivity index (χ2v) is 8.65. The zero-order chi connectivity index (χ0) is 16.8. The van der Waals surface area contributed by atoms with Crippen LogP contribution >= 0.6 is 27.3 Å². The summed E-state index contributed by atoms with van der Waals surface area (Å²) in [6.07, 6.45) is 0.777. The molecule has 1 atom stereocenters. The van der Waals surface area contributed by atoms with Gasteiger partial charge in [0.05, 0.1) is 5.56 Å². The predicted molar refractivity (Wildman–Crippen MR) is 102 cm³/mol. The molecule has 24 heavy (non-hydrogen) atoms. The van der Waals surface area contributed by atoms with E-state index in [2.05, 4.69) is 45.3 Å². The van der Waals surface area contributed by atoms with Crippen LogP contribution in [0.25, 0.3) is 0 Å². The van der Waals surface area contributed by atoms with Gasteiger partial charge in [0.2, 0.25) is 0 Å². The first-order chi connectivity index (χ1) is 11.5. The van der Waals surface area contributed by atoms with Crippen LogP contribution in [0, 0.1) is 0 Å². The molecule has 0 aliphatic carbocycles. The molecule has 0 fully saturated rings. The van der Waals surface area contributed by atoms with E-state index in [1.807, 2.05) is 24.3 Å². The van der Waals surface area contributed by atoms with E-state index >= 15 is 0 Å². The molecule has 2 aromatic rings. The maximum Gasteiger partial charge on any atom is 0.256 e. The van der Waals surface area contributed by atoms with Crippen LogP contribution < -0.4 is 10.6 Å². The van der Waals surface area contributed by atoms with Crippen molar-refractivity contribution in [2.24, 2.45) is 0 Å². The van der Waals surface area contributed by atoms with Crippen molar-refractivity contribution in [3.63, 3.8) is 0 Å². The first-order valence-corrected chi connectivity index (χ1v) is 9.85. The van der Waals surface area contributed by atoms with Crippen LogP contribution in [-0.4, -0.2) is 23.4 Å². The first kappa shape index (κ1) is 16.1. The highest BCUT2D eigenvalue weighted by atomic mass is 79.9. The standard InChI is InChI=1S/C18H20BrN3OS/c1-10(2)22-7-6-13-14(9-22)24-18-15(13)17(23)20-16(21-18)11-4-3-5-12(19)8-11/h3-5,8,10,16,21H,6-7,9H2,1-2H3,(H,20,23)/t16-/m0/s1. The number of benzene rings is 1. The van der Waals surface area contributed by atoms with Crippen molar-refractivity contribution in [1.29, 1.82) is 0 Å². The lowest BCUT2D eigenvalue weighted by Gasteiger charge is -2.31. The number of amides is 1. The Balaban J connectivity index is 1.66. The predicted octanol–water partition coefficient (Wildman–Crippen LogP) is 4.13. The van der Waals surface area contributed by atoms with Crippen molar-refractivity contribution >= 4 is 38.2 Å². The summed E-state index contributed by atoms with van der Waals surface area (Å²) in [5.41, 5.74) is 3.16. The molecule has 0 saturated heterocycles. The van der Waals surface area contributed by atoms with Gasteiger partial charge in [0.15, 0.2) is 0 Å². The highest BCUT2D eigenvalue weighted by molar-refractivity contribution is 9.10.